The van der Waals surface area contributed by atoms with E-state index in [-0.39, 0.29) is 12.7 Å². The first-order valence-corrected chi connectivity index (χ1v) is 19.4. The van der Waals surface area contributed by atoms with Crippen LogP contribution in [0, 0.1) is 11.3 Å². The second-order valence-corrected chi connectivity index (χ2v) is 16.4. The number of carbonyl (C=O) groups excluding carboxylic acids is 1. The number of piperidine rings is 1. The number of likely N-dealkylation sites (tertiary alicyclic amines) is 2. The van der Waals surface area contributed by atoms with Gasteiger partial charge in [-0.15, -0.1) is 11.6 Å². The Labute approximate surface area is 323 Å². The minimum absolute atomic E-state index is 0.202. The van der Waals surface area contributed by atoms with Gasteiger partial charge < -0.3 is 24.0 Å². The number of hydrogen-bond donors (Lipinski definition) is 0. The summed E-state index contributed by atoms with van der Waals surface area (Å²) in [4.78, 5) is 31.0. The lowest BCUT2D eigenvalue weighted by Gasteiger charge is -2.49. The van der Waals surface area contributed by atoms with Crippen LogP contribution >= 0.6 is 23.2 Å². The molecule has 4 heterocycles. The lowest BCUT2D eigenvalue weighted by Crippen LogP contribution is -2.63. The quantitative estimate of drug-likeness (QED) is 0.195. The van der Waals surface area contributed by atoms with Gasteiger partial charge in [0, 0.05) is 76.1 Å². The third-order valence-electron chi connectivity index (χ3n) is 10.5. The van der Waals surface area contributed by atoms with Crippen molar-refractivity contribution in [1.82, 2.24) is 24.7 Å². The van der Waals surface area contributed by atoms with Crippen molar-refractivity contribution in [3.8, 4) is 17.6 Å². The molecule has 284 valence electrons. The second kappa shape index (κ2) is 16.7. The summed E-state index contributed by atoms with van der Waals surface area (Å²) < 4.78 is 17.3. The molecule has 3 fully saturated rings. The molecule has 0 bridgehead atoms. The van der Waals surface area contributed by atoms with Crippen molar-refractivity contribution in [3.05, 3.63) is 76.1 Å². The maximum absolute atomic E-state index is 12.3. The largest absolute Gasteiger partial charge is 0.489 e. The first-order chi connectivity index (χ1) is 25.3. The van der Waals surface area contributed by atoms with Crippen molar-refractivity contribution in [3.63, 3.8) is 0 Å². The van der Waals surface area contributed by atoms with Gasteiger partial charge in [-0.1, -0.05) is 37.6 Å². The topological polar surface area (TPSA) is 107 Å². The summed E-state index contributed by atoms with van der Waals surface area (Å²) >= 11 is 12.3. The SMILES string of the molecule is CC(C)(C)OC(=O)N1CC(N2CCC(N3CCN(c4nccc(COc5ccc(C(C)(C)c6cc(Cl)c(OCCCl)c(C#N)c6)cc5)n4)CC3)CC2)C1. The molecule has 3 aromatic rings. The van der Waals surface area contributed by atoms with Crippen molar-refractivity contribution in [2.24, 2.45) is 0 Å². The number of hydrogen-bond acceptors (Lipinski definition) is 10. The number of nitriles is 1. The fourth-order valence-electron chi connectivity index (χ4n) is 7.30. The molecule has 0 N–H and O–H groups in total. The highest BCUT2D eigenvalue weighted by atomic mass is 35.5. The molecule has 53 heavy (non-hydrogen) atoms. The minimum atomic E-state index is -0.458. The van der Waals surface area contributed by atoms with Gasteiger partial charge in [-0.3, -0.25) is 9.80 Å². The van der Waals surface area contributed by atoms with Crippen LogP contribution in [0.3, 0.4) is 0 Å². The molecule has 3 saturated heterocycles. The predicted molar refractivity (Wildman–Crippen MR) is 207 cm³/mol. The van der Waals surface area contributed by atoms with E-state index in [1.54, 1.807) is 0 Å². The standard InChI is InChI=1S/C40H51Cl2N7O4/c1-39(2,3)53-38(50)49-25-33(26-49)46-15-11-32(12-16-46)47-17-19-48(20-18-47)37-44-14-10-31(45-37)27-52-34-8-6-29(7-9-34)40(4,5)30-22-28(24-43)36(35(42)23-30)51-21-13-41/h6-10,14,22-23,32-33H,11-13,15-21,25-27H2,1-5H3. The highest BCUT2D eigenvalue weighted by Gasteiger charge is 2.39. The molecule has 3 aliphatic rings. The maximum Gasteiger partial charge on any atom is 0.410 e. The molecule has 1 aromatic heterocycles. The summed E-state index contributed by atoms with van der Waals surface area (Å²) in [6, 6.07) is 16.8. The third kappa shape index (κ3) is 9.47. The van der Waals surface area contributed by atoms with E-state index in [0.29, 0.717) is 40.9 Å². The lowest BCUT2D eigenvalue weighted by atomic mass is 9.77. The Hall–Kier alpha value is -3.82. The summed E-state index contributed by atoms with van der Waals surface area (Å²) in [5.41, 5.74) is 2.28. The zero-order chi connectivity index (χ0) is 37.8. The number of piperazine rings is 1. The number of amides is 1. The van der Waals surface area contributed by atoms with E-state index in [4.69, 9.17) is 42.4 Å². The monoisotopic (exact) mass is 763 g/mol. The van der Waals surface area contributed by atoms with Crippen LogP contribution in [0.15, 0.2) is 48.7 Å². The Bertz CT molecular complexity index is 1760. The second-order valence-electron chi connectivity index (χ2n) is 15.6. The zero-order valence-corrected chi connectivity index (χ0v) is 33.0. The Balaban J connectivity index is 0.958. The molecule has 0 saturated carbocycles. The van der Waals surface area contributed by atoms with Gasteiger partial charge in [-0.05, 0) is 75.1 Å². The van der Waals surface area contributed by atoms with E-state index in [1.165, 1.54) is 0 Å². The first kappa shape index (κ1) is 38.9. The number of anilines is 1. The van der Waals surface area contributed by atoms with Crippen LogP contribution in [0.25, 0.3) is 0 Å². The van der Waals surface area contributed by atoms with Crippen LogP contribution in [0.5, 0.6) is 11.5 Å². The number of aromatic nitrogens is 2. The van der Waals surface area contributed by atoms with E-state index in [0.717, 1.165) is 93.7 Å². The van der Waals surface area contributed by atoms with Crippen molar-refractivity contribution < 1.29 is 19.0 Å². The van der Waals surface area contributed by atoms with Gasteiger partial charge in [0.25, 0.3) is 0 Å². The van der Waals surface area contributed by atoms with Gasteiger partial charge in [0.05, 0.1) is 22.2 Å². The summed E-state index contributed by atoms with van der Waals surface area (Å²) in [5.74, 6) is 2.15. The van der Waals surface area contributed by atoms with Crippen molar-refractivity contribution >= 4 is 35.2 Å². The van der Waals surface area contributed by atoms with E-state index in [2.05, 4.69) is 39.6 Å². The third-order valence-corrected chi connectivity index (χ3v) is 11.0. The Morgan fingerprint density at radius 2 is 1.58 bits per heavy atom. The molecular weight excluding hydrogens is 713 g/mol. The van der Waals surface area contributed by atoms with Gasteiger partial charge >= 0.3 is 6.09 Å². The van der Waals surface area contributed by atoms with Crippen LogP contribution in [0.1, 0.15) is 69.8 Å². The molecule has 2 aromatic carbocycles. The van der Waals surface area contributed by atoms with E-state index >= 15 is 0 Å². The van der Waals surface area contributed by atoms with Gasteiger partial charge in [0.15, 0.2) is 5.75 Å². The highest BCUT2D eigenvalue weighted by molar-refractivity contribution is 6.32. The Morgan fingerprint density at radius 1 is 0.906 bits per heavy atom. The normalized spacial score (nSPS) is 18.0. The van der Waals surface area contributed by atoms with Crippen molar-refractivity contribution in [1.29, 1.82) is 5.26 Å². The summed E-state index contributed by atoms with van der Waals surface area (Å²) in [6.45, 7) is 17.9. The van der Waals surface area contributed by atoms with Crippen molar-refractivity contribution in [2.45, 2.75) is 77.2 Å². The molecule has 0 spiro atoms. The molecule has 0 aliphatic carbocycles. The molecule has 6 rings (SSSR count). The molecular formula is C40H51Cl2N7O4. The van der Waals surface area contributed by atoms with Crippen molar-refractivity contribution in [2.75, 3.05) is 69.7 Å². The molecule has 0 atom stereocenters. The van der Waals surface area contributed by atoms with Crippen LogP contribution < -0.4 is 14.4 Å². The number of ether oxygens (including phenoxy) is 3. The molecule has 11 nitrogen and oxygen atoms in total. The number of halogens is 2. The molecule has 0 radical (unpaired) electrons. The van der Waals surface area contributed by atoms with Gasteiger partial charge in [-0.2, -0.15) is 5.26 Å². The molecule has 3 aliphatic heterocycles. The van der Waals surface area contributed by atoms with Crippen LogP contribution in [-0.4, -0.2) is 113 Å². The average molecular weight is 765 g/mol. The molecule has 1 amide bonds. The Morgan fingerprint density at radius 3 is 2.23 bits per heavy atom. The van der Waals surface area contributed by atoms with Crippen LogP contribution in [0.4, 0.5) is 10.7 Å². The van der Waals surface area contributed by atoms with E-state index in [1.807, 2.05) is 74.3 Å². The van der Waals surface area contributed by atoms with Crippen LogP contribution in [-0.2, 0) is 16.8 Å². The highest BCUT2D eigenvalue weighted by Crippen LogP contribution is 2.39. The zero-order valence-electron chi connectivity index (χ0n) is 31.5. The number of benzene rings is 2. The number of nitrogens with zero attached hydrogens (tertiary/aromatic N) is 7. The average Bonchev–Trinajstić information content (AvgIpc) is 3.12. The number of carbonyl (C=O) groups is 1. The summed E-state index contributed by atoms with van der Waals surface area (Å²) in [5, 5.41) is 10.1. The summed E-state index contributed by atoms with van der Waals surface area (Å²) in [7, 11) is 0. The molecule has 13 heteroatoms. The van der Waals surface area contributed by atoms with Gasteiger partial charge in [0.1, 0.15) is 30.6 Å². The van der Waals surface area contributed by atoms with Crippen LogP contribution in [0.2, 0.25) is 5.02 Å². The fraction of sp³-hybridized carbons (Fsp3) is 0.550. The maximum atomic E-state index is 12.3. The smallest absolute Gasteiger partial charge is 0.410 e. The van der Waals surface area contributed by atoms with Gasteiger partial charge in [-0.25, -0.2) is 14.8 Å². The Kier molecular flexibility index (Phi) is 12.2. The molecule has 0 unspecified atom stereocenters. The summed E-state index contributed by atoms with van der Waals surface area (Å²) in [6.07, 6.45) is 3.91. The van der Waals surface area contributed by atoms with E-state index in [9.17, 15) is 10.1 Å². The first-order valence-electron chi connectivity index (χ1n) is 18.5. The fourth-order valence-corrected chi connectivity index (χ4v) is 7.65. The number of rotatable bonds is 11. The van der Waals surface area contributed by atoms with E-state index < -0.39 is 11.0 Å². The van der Waals surface area contributed by atoms with Gasteiger partial charge in [0.2, 0.25) is 5.95 Å². The minimum Gasteiger partial charge on any atom is -0.489 e. The lowest BCUT2D eigenvalue weighted by molar-refractivity contribution is -0.0247. The number of alkyl halides is 1. The predicted octanol–water partition coefficient (Wildman–Crippen LogP) is 6.73.